The van der Waals surface area contributed by atoms with Crippen molar-refractivity contribution in [2.45, 2.75) is 13.2 Å². The van der Waals surface area contributed by atoms with Crippen molar-refractivity contribution in [3.8, 4) is 0 Å². The Morgan fingerprint density at radius 3 is 3.20 bits per heavy atom. The highest BCUT2D eigenvalue weighted by Crippen LogP contribution is 2.14. The minimum Gasteiger partial charge on any atom is -0.463 e. The second-order valence-corrected chi connectivity index (χ2v) is 3.99. The number of rotatable bonds is 8. The van der Waals surface area contributed by atoms with Gasteiger partial charge in [-0.05, 0) is 11.4 Å². The van der Waals surface area contributed by atoms with Gasteiger partial charge in [0.15, 0.2) is 0 Å². The van der Waals surface area contributed by atoms with Crippen molar-refractivity contribution in [1.82, 2.24) is 5.32 Å². The molecule has 4 nitrogen and oxygen atoms in total. The highest BCUT2D eigenvalue weighted by Gasteiger charge is 1.99. The van der Waals surface area contributed by atoms with E-state index in [1.807, 2.05) is 11.4 Å². The van der Waals surface area contributed by atoms with E-state index in [0.717, 1.165) is 18.7 Å². The number of nitrogens with one attached hydrogen (secondary N) is 1. The van der Waals surface area contributed by atoms with Crippen LogP contribution in [0.2, 0.25) is 0 Å². The lowest BCUT2D eigenvalue weighted by Crippen LogP contribution is -2.17. The van der Waals surface area contributed by atoms with Crippen molar-refractivity contribution >= 4 is 17.8 Å². The number of hydrogen-bond acceptors (Lipinski definition) is 5. The third-order valence-corrected chi connectivity index (χ3v) is 2.79. The quantitative estimate of drug-likeness (QED) is 0.537. The average molecular weight is 229 g/mol. The molecular formula is C10H15NO3S. The highest BCUT2D eigenvalue weighted by atomic mass is 32.1. The van der Waals surface area contributed by atoms with E-state index in [2.05, 4.69) is 10.1 Å². The summed E-state index contributed by atoms with van der Waals surface area (Å²) in [5, 5.41) is 5.24. The third kappa shape index (κ3) is 4.92. The Kier molecular flexibility index (Phi) is 5.99. The molecular weight excluding hydrogens is 214 g/mol. The Morgan fingerprint density at radius 1 is 1.60 bits per heavy atom. The van der Waals surface area contributed by atoms with Crippen LogP contribution in [0.1, 0.15) is 10.4 Å². The summed E-state index contributed by atoms with van der Waals surface area (Å²) >= 11 is 1.66. The maximum absolute atomic E-state index is 9.98. The Morgan fingerprint density at radius 2 is 2.47 bits per heavy atom. The molecule has 15 heavy (non-hydrogen) atoms. The van der Waals surface area contributed by atoms with E-state index in [9.17, 15) is 4.79 Å². The van der Waals surface area contributed by atoms with Gasteiger partial charge >= 0.3 is 0 Å². The summed E-state index contributed by atoms with van der Waals surface area (Å²) in [6.45, 7) is 3.21. The molecule has 0 spiro atoms. The maximum Gasteiger partial charge on any atom is 0.293 e. The predicted molar refractivity (Wildman–Crippen MR) is 58.8 cm³/mol. The van der Waals surface area contributed by atoms with Gasteiger partial charge in [0.2, 0.25) is 0 Å². The first kappa shape index (κ1) is 12.2. The van der Waals surface area contributed by atoms with Crippen LogP contribution in [0.5, 0.6) is 0 Å². The van der Waals surface area contributed by atoms with Crippen molar-refractivity contribution in [3.05, 3.63) is 21.9 Å². The Balaban J connectivity index is 2.23. The number of thiophene rings is 1. The average Bonchev–Trinajstić information content (AvgIpc) is 2.69. The van der Waals surface area contributed by atoms with Gasteiger partial charge in [0, 0.05) is 30.6 Å². The second kappa shape index (κ2) is 7.39. The molecule has 0 unspecified atom stereocenters. The molecule has 0 fully saturated rings. The fourth-order valence-corrected chi connectivity index (χ4v) is 1.95. The molecule has 0 aromatic carbocycles. The van der Waals surface area contributed by atoms with E-state index >= 15 is 0 Å². The largest absolute Gasteiger partial charge is 0.463 e. The van der Waals surface area contributed by atoms with Crippen molar-refractivity contribution in [3.63, 3.8) is 0 Å². The summed E-state index contributed by atoms with van der Waals surface area (Å²) in [7, 11) is 1.68. The fraction of sp³-hybridized carbons (Fsp3) is 0.500. The van der Waals surface area contributed by atoms with Gasteiger partial charge in [0.05, 0.1) is 6.61 Å². The van der Waals surface area contributed by atoms with E-state index in [0.29, 0.717) is 19.7 Å². The molecule has 1 N–H and O–H groups in total. The van der Waals surface area contributed by atoms with E-state index in [-0.39, 0.29) is 0 Å². The summed E-state index contributed by atoms with van der Waals surface area (Å²) < 4.78 is 9.58. The number of methoxy groups -OCH3 is 1. The molecule has 0 saturated heterocycles. The Bertz CT molecular complexity index is 288. The molecule has 0 aliphatic heterocycles. The second-order valence-electron chi connectivity index (χ2n) is 3.00. The molecule has 1 aromatic heterocycles. The van der Waals surface area contributed by atoms with Gasteiger partial charge in [-0.15, -0.1) is 11.3 Å². The van der Waals surface area contributed by atoms with Crippen molar-refractivity contribution in [2.75, 3.05) is 20.3 Å². The molecule has 0 bridgehead atoms. The minimum atomic E-state index is 0.359. The van der Waals surface area contributed by atoms with Gasteiger partial charge in [-0.1, -0.05) is 0 Å². The van der Waals surface area contributed by atoms with Crippen molar-refractivity contribution < 1.29 is 14.3 Å². The first-order chi connectivity index (χ1) is 7.36. The number of carbonyl (C=O) groups excluding carboxylic acids is 1. The summed E-state index contributed by atoms with van der Waals surface area (Å²) in [5.41, 5.74) is 1.04. The molecule has 1 rings (SSSR count). The smallest absolute Gasteiger partial charge is 0.293 e. The van der Waals surface area contributed by atoms with Crippen LogP contribution in [-0.4, -0.2) is 26.7 Å². The molecule has 1 heterocycles. The van der Waals surface area contributed by atoms with E-state index < -0.39 is 0 Å². The lowest BCUT2D eigenvalue weighted by Gasteiger charge is -2.00. The zero-order valence-electron chi connectivity index (χ0n) is 8.69. The van der Waals surface area contributed by atoms with E-state index in [1.54, 1.807) is 18.4 Å². The van der Waals surface area contributed by atoms with E-state index in [1.165, 1.54) is 4.88 Å². The van der Waals surface area contributed by atoms with Crippen LogP contribution >= 0.6 is 11.3 Å². The molecule has 0 radical (unpaired) electrons. The van der Waals surface area contributed by atoms with Gasteiger partial charge in [0.1, 0.15) is 6.61 Å². The van der Waals surface area contributed by atoms with Crippen molar-refractivity contribution in [1.29, 1.82) is 0 Å². The van der Waals surface area contributed by atoms with Crippen LogP contribution in [0, 0.1) is 0 Å². The molecule has 0 amide bonds. The molecule has 5 heteroatoms. The summed E-state index contributed by atoms with van der Waals surface area (Å²) in [4.78, 5) is 11.2. The third-order valence-electron chi connectivity index (χ3n) is 1.81. The maximum atomic E-state index is 9.98. The van der Waals surface area contributed by atoms with Gasteiger partial charge in [0.25, 0.3) is 6.47 Å². The first-order valence-electron chi connectivity index (χ1n) is 4.68. The zero-order chi connectivity index (χ0) is 10.9. The van der Waals surface area contributed by atoms with Crippen LogP contribution < -0.4 is 5.32 Å². The van der Waals surface area contributed by atoms with Gasteiger partial charge in [-0.3, -0.25) is 4.79 Å². The number of hydrogen-bond donors (Lipinski definition) is 1. The lowest BCUT2D eigenvalue weighted by molar-refractivity contribution is -0.129. The lowest BCUT2D eigenvalue weighted by atomic mass is 10.3. The molecule has 1 aromatic rings. The molecule has 0 atom stereocenters. The van der Waals surface area contributed by atoms with Gasteiger partial charge in [-0.25, -0.2) is 0 Å². The molecule has 0 saturated carbocycles. The molecule has 0 aliphatic carbocycles. The van der Waals surface area contributed by atoms with Crippen LogP contribution in [0.4, 0.5) is 0 Å². The molecule has 0 aliphatic rings. The summed E-state index contributed by atoms with van der Waals surface area (Å²) in [6.07, 6.45) is 0. The van der Waals surface area contributed by atoms with Gasteiger partial charge < -0.3 is 14.8 Å². The zero-order valence-corrected chi connectivity index (χ0v) is 9.51. The van der Waals surface area contributed by atoms with Crippen LogP contribution in [0.25, 0.3) is 0 Å². The SMILES string of the molecule is COCCNCc1cc(COC=O)cs1. The molecule has 84 valence electrons. The normalized spacial score (nSPS) is 10.2. The van der Waals surface area contributed by atoms with Crippen LogP contribution in [0.15, 0.2) is 11.4 Å². The van der Waals surface area contributed by atoms with Gasteiger partial charge in [-0.2, -0.15) is 0 Å². The standard InChI is InChI=1S/C10H15NO3S/c1-13-3-2-11-5-10-4-9(7-15-10)6-14-8-12/h4,7-8,11H,2-3,5-6H2,1H3. The first-order valence-corrected chi connectivity index (χ1v) is 5.56. The topological polar surface area (TPSA) is 47.6 Å². The Hall–Kier alpha value is -0.910. The number of ether oxygens (including phenoxy) is 2. The monoisotopic (exact) mass is 229 g/mol. The van der Waals surface area contributed by atoms with E-state index in [4.69, 9.17) is 4.74 Å². The van der Waals surface area contributed by atoms with Crippen LogP contribution in [0.3, 0.4) is 0 Å². The predicted octanol–water partition coefficient (Wildman–Crippen LogP) is 1.16. The minimum absolute atomic E-state index is 0.359. The van der Waals surface area contributed by atoms with Crippen LogP contribution in [-0.2, 0) is 27.4 Å². The number of carbonyl (C=O) groups is 1. The highest BCUT2D eigenvalue weighted by molar-refractivity contribution is 7.10. The Labute approximate surface area is 93.2 Å². The summed E-state index contributed by atoms with van der Waals surface area (Å²) in [6, 6.07) is 2.04. The summed E-state index contributed by atoms with van der Waals surface area (Å²) in [5.74, 6) is 0. The fourth-order valence-electron chi connectivity index (χ4n) is 1.11. The van der Waals surface area contributed by atoms with Crippen molar-refractivity contribution in [2.24, 2.45) is 0 Å².